The number of thiophene rings is 1. The first-order chi connectivity index (χ1) is 13.9. The highest BCUT2D eigenvalue weighted by molar-refractivity contribution is 7.20. The summed E-state index contributed by atoms with van der Waals surface area (Å²) in [7, 11) is 1.81. The first kappa shape index (κ1) is 19.3. The normalized spacial score (nSPS) is 12.3. The molecule has 0 saturated heterocycles. The third-order valence-corrected chi connectivity index (χ3v) is 6.29. The fraction of sp³-hybridized carbons (Fsp3) is 0.227. The number of fused-ring (bicyclic) bond motifs is 1. The van der Waals surface area contributed by atoms with Crippen LogP contribution in [0.2, 0.25) is 0 Å². The van der Waals surface area contributed by atoms with Crippen molar-refractivity contribution in [1.29, 1.82) is 0 Å². The summed E-state index contributed by atoms with van der Waals surface area (Å²) in [5.74, 6) is -0.283. The Morgan fingerprint density at radius 1 is 1.21 bits per heavy atom. The van der Waals surface area contributed by atoms with Gasteiger partial charge in [-0.3, -0.25) is 14.5 Å². The third kappa shape index (κ3) is 3.78. The van der Waals surface area contributed by atoms with Gasteiger partial charge in [-0.1, -0.05) is 12.1 Å². The van der Waals surface area contributed by atoms with E-state index in [2.05, 4.69) is 10.1 Å². The summed E-state index contributed by atoms with van der Waals surface area (Å²) in [6, 6.07) is 12.1. The zero-order valence-electron chi connectivity index (χ0n) is 16.5. The molecule has 7 heteroatoms. The van der Waals surface area contributed by atoms with Crippen LogP contribution in [0.15, 0.2) is 54.9 Å². The van der Waals surface area contributed by atoms with Gasteiger partial charge in [-0.2, -0.15) is 5.10 Å². The van der Waals surface area contributed by atoms with E-state index in [1.807, 2.05) is 43.8 Å². The SMILES string of the molecule is Cc1nn(Cc2ccc(F)cc2)c2sc(C(=O)N(C)C(C)c3ccncc3)cc12. The van der Waals surface area contributed by atoms with E-state index in [0.29, 0.717) is 11.4 Å². The van der Waals surface area contributed by atoms with Crippen LogP contribution in [-0.2, 0) is 6.54 Å². The second-order valence-electron chi connectivity index (χ2n) is 7.07. The van der Waals surface area contributed by atoms with E-state index in [-0.39, 0.29) is 17.8 Å². The van der Waals surface area contributed by atoms with Gasteiger partial charge in [-0.05, 0) is 55.3 Å². The number of benzene rings is 1. The van der Waals surface area contributed by atoms with Crippen LogP contribution in [0.25, 0.3) is 10.2 Å². The Morgan fingerprint density at radius 3 is 2.59 bits per heavy atom. The second kappa shape index (κ2) is 7.75. The lowest BCUT2D eigenvalue weighted by molar-refractivity contribution is 0.0747. The summed E-state index contributed by atoms with van der Waals surface area (Å²) in [6.45, 7) is 4.47. The van der Waals surface area contributed by atoms with E-state index in [1.165, 1.54) is 23.5 Å². The minimum atomic E-state index is -0.258. The molecule has 3 aromatic heterocycles. The maximum absolute atomic E-state index is 13.2. The Kier molecular flexibility index (Phi) is 5.15. The zero-order chi connectivity index (χ0) is 20.5. The molecule has 5 nitrogen and oxygen atoms in total. The van der Waals surface area contributed by atoms with Crippen LogP contribution < -0.4 is 0 Å². The van der Waals surface area contributed by atoms with Crippen molar-refractivity contribution in [2.24, 2.45) is 0 Å². The molecule has 0 saturated carbocycles. The fourth-order valence-electron chi connectivity index (χ4n) is 3.30. The van der Waals surface area contributed by atoms with Crippen LogP contribution in [0.5, 0.6) is 0 Å². The second-order valence-corrected chi connectivity index (χ2v) is 8.10. The molecule has 1 atom stereocenters. The minimum absolute atomic E-state index is 0.0248. The molecule has 148 valence electrons. The number of rotatable bonds is 5. The molecule has 3 heterocycles. The number of pyridine rings is 1. The molecule has 29 heavy (non-hydrogen) atoms. The summed E-state index contributed by atoms with van der Waals surface area (Å²) < 4.78 is 15.1. The van der Waals surface area contributed by atoms with Crippen molar-refractivity contribution in [3.63, 3.8) is 0 Å². The Hall–Kier alpha value is -3.06. The number of aryl methyl sites for hydroxylation is 1. The number of halogens is 1. The number of hydrogen-bond acceptors (Lipinski definition) is 4. The minimum Gasteiger partial charge on any atom is -0.334 e. The number of carbonyl (C=O) groups excluding carboxylic acids is 1. The largest absolute Gasteiger partial charge is 0.334 e. The molecule has 0 N–H and O–H groups in total. The molecule has 0 aliphatic heterocycles. The highest BCUT2D eigenvalue weighted by atomic mass is 32.1. The molecule has 4 rings (SSSR count). The highest BCUT2D eigenvalue weighted by Gasteiger charge is 2.23. The zero-order valence-corrected chi connectivity index (χ0v) is 17.3. The molecule has 1 aromatic carbocycles. The van der Waals surface area contributed by atoms with Crippen LogP contribution in [0.3, 0.4) is 0 Å². The van der Waals surface area contributed by atoms with Gasteiger partial charge in [0.05, 0.1) is 23.2 Å². The van der Waals surface area contributed by atoms with Crippen LogP contribution in [0.4, 0.5) is 4.39 Å². The molecule has 0 aliphatic rings. The lowest BCUT2D eigenvalue weighted by Gasteiger charge is -2.24. The van der Waals surface area contributed by atoms with E-state index in [0.717, 1.165) is 27.0 Å². The molecule has 0 bridgehead atoms. The van der Waals surface area contributed by atoms with Crippen LogP contribution in [0, 0.1) is 12.7 Å². The smallest absolute Gasteiger partial charge is 0.264 e. The summed E-state index contributed by atoms with van der Waals surface area (Å²) in [4.78, 5) is 20.5. The van der Waals surface area contributed by atoms with Crippen molar-refractivity contribution in [2.45, 2.75) is 26.4 Å². The number of aromatic nitrogens is 3. The standard InChI is InChI=1S/C22H21FN4OS/c1-14-19-12-20(21(28)26(3)15(2)17-8-10-24-11-9-17)29-22(19)27(25-14)13-16-4-6-18(23)7-5-16/h4-12,15H,13H2,1-3H3. The van der Waals surface area contributed by atoms with Crippen LogP contribution in [-0.4, -0.2) is 32.6 Å². The number of amides is 1. The van der Waals surface area contributed by atoms with Crippen molar-refractivity contribution in [1.82, 2.24) is 19.7 Å². The van der Waals surface area contributed by atoms with E-state index in [1.54, 1.807) is 29.4 Å². The summed E-state index contributed by atoms with van der Waals surface area (Å²) in [5.41, 5.74) is 2.87. The van der Waals surface area contributed by atoms with Gasteiger partial charge in [0.1, 0.15) is 10.6 Å². The Balaban J connectivity index is 1.61. The molecular weight excluding hydrogens is 387 g/mol. The molecule has 1 unspecified atom stereocenters. The molecule has 0 fully saturated rings. The van der Waals surface area contributed by atoms with E-state index >= 15 is 0 Å². The number of hydrogen-bond donors (Lipinski definition) is 0. The Morgan fingerprint density at radius 2 is 1.90 bits per heavy atom. The van der Waals surface area contributed by atoms with Crippen molar-refractivity contribution < 1.29 is 9.18 Å². The molecule has 0 spiro atoms. The lowest BCUT2D eigenvalue weighted by atomic mass is 10.1. The number of carbonyl (C=O) groups is 1. The van der Waals surface area contributed by atoms with Gasteiger partial charge in [0.25, 0.3) is 5.91 Å². The van der Waals surface area contributed by atoms with Gasteiger partial charge >= 0.3 is 0 Å². The van der Waals surface area contributed by atoms with Crippen molar-refractivity contribution in [3.8, 4) is 0 Å². The van der Waals surface area contributed by atoms with E-state index in [4.69, 9.17) is 0 Å². The predicted octanol–water partition coefficient (Wildman–Crippen LogP) is 4.82. The first-order valence-electron chi connectivity index (χ1n) is 9.32. The van der Waals surface area contributed by atoms with Gasteiger partial charge in [-0.15, -0.1) is 11.3 Å². The molecular formula is C22H21FN4OS. The average molecular weight is 409 g/mol. The van der Waals surface area contributed by atoms with E-state index < -0.39 is 0 Å². The van der Waals surface area contributed by atoms with E-state index in [9.17, 15) is 9.18 Å². The first-order valence-corrected chi connectivity index (χ1v) is 10.1. The third-order valence-electron chi connectivity index (χ3n) is 5.15. The monoisotopic (exact) mass is 408 g/mol. The molecule has 1 amide bonds. The topological polar surface area (TPSA) is 51.0 Å². The molecule has 0 radical (unpaired) electrons. The molecule has 4 aromatic rings. The lowest BCUT2D eigenvalue weighted by Crippen LogP contribution is -2.29. The summed E-state index contributed by atoms with van der Waals surface area (Å²) in [5, 5.41) is 5.57. The van der Waals surface area contributed by atoms with Crippen molar-refractivity contribution in [2.75, 3.05) is 7.05 Å². The Labute approximate surface area is 172 Å². The molecule has 0 aliphatic carbocycles. The fourth-order valence-corrected chi connectivity index (χ4v) is 4.45. The highest BCUT2D eigenvalue weighted by Crippen LogP contribution is 2.31. The quantitative estimate of drug-likeness (QED) is 0.476. The number of nitrogens with zero attached hydrogens (tertiary/aromatic N) is 4. The van der Waals surface area contributed by atoms with Crippen LogP contribution >= 0.6 is 11.3 Å². The van der Waals surface area contributed by atoms with Gasteiger partial charge in [0.2, 0.25) is 0 Å². The van der Waals surface area contributed by atoms with Crippen LogP contribution in [0.1, 0.15) is 39.5 Å². The summed E-state index contributed by atoms with van der Waals surface area (Å²) >= 11 is 1.44. The van der Waals surface area contributed by atoms with Crippen molar-refractivity contribution >= 4 is 27.5 Å². The summed E-state index contributed by atoms with van der Waals surface area (Å²) in [6.07, 6.45) is 3.47. The van der Waals surface area contributed by atoms with Gasteiger partial charge in [0, 0.05) is 24.8 Å². The predicted molar refractivity (Wildman–Crippen MR) is 113 cm³/mol. The van der Waals surface area contributed by atoms with Crippen molar-refractivity contribution in [3.05, 3.63) is 82.4 Å². The average Bonchev–Trinajstić information content (AvgIpc) is 3.30. The van der Waals surface area contributed by atoms with Gasteiger partial charge < -0.3 is 4.90 Å². The van der Waals surface area contributed by atoms with Gasteiger partial charge in [-0.25, -0.2) is 4.39 Å². The Bertz CT molecular complexity index is 1150. The maximum Gasteiger partial charge on any atom is 0.264 e. The van der Waals surface area contributed by atoms with Gasteiger partial charge in [0.15, 0.2) is 0 Å². The maximum atomic E-state index is 13.2.